The lowest BCUT2D eigenvalue weighted by atomic mass is 9.73. The van der Waals surface area contributed by atoms with Crippen molar-refractivity contribution < 1.29 is 0 Å². The van der Waals surface area contributed by atoms with E-state index < -0.39 is 0 Å². The molecule has 3 heterocycles. The Bertz CT molecular complexity index is 3830. The van der Waals surface area contributed by atoms with Crippen LogP contribution in [-0.4, -0.2) is 9.13 Å². The van der Waals surface area contributed by atoms with Gasteiger partial charge in [0.15, 0.2) is 0 Å². The fourth-order valence-electron chi connectivity index (χ4n) is 11.7. The van der Waals surface area contributed by atoms with Crippen molar-refractivity contribution in [3.05, 3.63) is 236 Å². The van der Waals surface area contributed by atoms with Gasteiger partial charge in [0.1, 0.15) is 0 Å². The third-order valence-corrected chi connectivity index (χ3v) is 14.7. The quantitative estimate of drug-likeness (QED) is 0.161. The lowest BCUT2D eigenvalue weighted by Crippen LogP contribution is -2.31. The standard InChI is InChI=1S/C63H43N3/c1-63(2)53-36-34-41(64-55-30-13-9-21-44(55)45-22-10-14-31-56(45)64)38-59(53)66(60-39-42(35-37-54(60)63)65-57-32-15-11-23-46(57)47-24-12-16-33-58(47)65)62-51-27-7-5-25-49(51)61(50-26-6-8-28-52(50)62)48-29-17-19-40-18-3-4-20-43(40)48/h3-39H,1-2H3. The lowest BCUT2D eigenvalue weighted by molar-refractivity contribution is 0.632. The third kappa shape index (κ3) is 5.08. The second-order valence-electron chi connectivity index (χ2n) is 18.4. The van der Waals surface area contributed by atoms with E-state index in [0.29, 0.717) is 0 Å². The molecule has 11 aromatic carbocycles. The van der Waals surface area contributed by atoms with Gasteiger partial charge in [0.25, 0.3) is 0 Å². The Morgan fingerprint density at radius 3 is 1.14 bits per heavy atom. The highest BCUT2D eigenvalue weighted by atomic mass is 15.2. The third-order valence-electron chi connectivity index (χ3n) is 14.7. The maximum absolute atomic E-state index is 2.63. The minimum absolute atomic E-state index is 0.325. The molecular formula is C63H43N3. The van der Waals surface area contributed by atoms with Crippen LogP contribution in [0.15, 0.2) is 224 Å². The van der Waals surface area contributed by atoms with Crippen molar-refractivity contribution in [2.45, 2.75) is 19.3 Å². The predicted octanol–water partition coefficient (Wildman–Crippen LogP) is 17.1. The minimum Gasteiger partial charge on any atom is -0.309 e. The van der Waals surface area contributed by atoms with Crippen LogP contribution in [0.25, 0.3) is 98.4 Å². The van der Waals surface area contributed by atoms with Crippen LogP contribution in [0.4, 0.5) is 17.1 Å². The molecule has 1 aliphatic rings. The molecule has 0 atom stereocenters. The molecule has 13 aromatic rings. The Morgan fingerprint density at radius 2 is 0.682 bits per heavy atom. The van der Waals surface area contributed by atoms with Gasteiger partial charge in [0.2, 0.25) is 0 Å². The van der Waals surface area contributed by atoms with Gasteiger partial charge in [-0.15, -0.1) is 0 Å². The average Bonchev–Trinajstić information content (AvgIpc) is 3.89. The highest BCUT2D eigenvalue weighted by molar-refractivity contribution is 6.25. The molecule has 310 valence electrons. The number of anilines is 3. The Balaban J connectivity index is 1.12. The van der Waals surface area contributed by atoms with Gasteiger partial charge in [0, 0.05) is 49.1 Å². The number of hydrogen-bond acceptors (Lipinski definition) is 1. The van der Waals surface area contributed by atoms with E-state index in [1.165, 1.54) is 115 Å². The fourth-order valence-corrected chi connectivity index (χ4v) is 11.7. The maximum atomic E-state index is 2.63. The van der Waals surface area contributed by atoms with E-state index in [-0.39, 0.29) is 5.41 Å². The maximum Gasteiger partial charge on any atom is 0.0619 e. The Morgan fingerprint density at radius 1 is 0.318 bits per heavy atom. The molecule has 1 aliphatic heterocycles. The number of nitrogens with zero attached hydrogens (tertiary/aromatic N) is 3. The van der Waals surface area contributed by atoms with Crippen molar-refractivity contribution in [1.29, 1.82) is 0 Å². The highest BCUT2D eigenvalue weighted by Gasteiger charge is 2.39. The molecule has 0 fully saturated rings. The first-order valence-corrected chi connectivity index (χ1v) is 23.0. The number of para-hydroxylation sites is 4. The molecule has 0 unspecified atom stereocenters. The van der Waals surface area contributed by atoms with Crippen LogP contribution in [0.3, 0.4) is 0 Å². The normalized spacial score (nSPS) is 13.4. The topological polar surface area (TPSA) is 13.1 Å². The number of hydrogen-bond donors (Lipinski definition) is 0. The Labute approximate surface area is 382 Å². The smallest absolute Gasteiger partial charge is 0.0619 e. The van der Waals surface area contributed by atoms with Crippen LogP contribution in [-0.2, 0) is 5.41 Å². The van der Waals surface area contributed by atoms with Crippen LogP contribution in [0, 0.1) is 0 Å². The van der Waals surface area contributed by atoms with E-state index in [0.717, 1.165) is 11.4 Å². The molecule has 0 N–H and O–H groups in total. The van der Waals surface area contributed by atoms with Crippen LogP contribution in [0.2, 0.25) is 0 Å². The van der Waals surface area contributed by atoms with E-state index >= 15 is 0 Å². The van der Waals surface area contributed by atoms with Crippen molar-refractivity contribution in [3.63, 3.8) is 0 Å². The number of aromatic nitrogens is 2. The van der Waals surface area contributed by atoms with Crippen molar-refractivity contribution in [2.24, 2.45) is 0 Å². The molecule has 2 aromatic heterocycles. The summed E-state index contributed by atoms with van der Waals surface area (Å²) in [5, 5.41) is 12.4. The average molecular weight is 842 g/mol. The molecule has 0 saturated carbocycles. The summed E-state index contributed by atoms with van der Waals surface area (Å²) in [4.78, 5) is 2.63. The van der Waals surface area contributed by atoms with Gasteiger partial charge in [0.05, 0.1) is 39.1 Å². The molecule has 14 rings (SSSR count). The molecule has 0 saturated heterocycles. The van der Waals surface area contributed by atoms with E-state index in [1.807, 2.05) is 0 Å². The zero-order valence-corrected chi connectivity index (χ0v) is 36.7. The molecular weight excluding hydrogens is 799 g/mol. The fraction of sp³-hybridized carbons (Fsp3) is 0.0476. The molecule has 0 spiro atoms. The SMILES string of the molecule is CC1(C)c2ccc(-n3c4ccccc4c4ccccc43)cc2N(c2c3ccccc3c(-c3cccc4ccccc34)c3ccccc23)c2cc(-n3c4ccccc4c4ccccc43)ccc21. The van der Waals surface area contributed by atoms with Crippen molar-refractivity contribution in [1.82, 2.24) is 9.13 Å². The van der Waals surface area contributed by atoms with Gasteiger partial charge in [-0.1, -0.05) is 190 Å². The summed E-state index contributed by atoms with van der Waals surface area (Å²) in [5.41, 5.74) is 15.4. The van der Waals surface area contributed by atoms with Crippen molar-refractivity contribution in [2.75, 3.05) is 4.90 Å². The summed E-state index contributed by atoms with van der Waals surface area (Å²) >= 11 is 0. The number of fused-ring (bicyclic) bond motifs is 11. The molecule has 3 nitrogen and oxygen atoms in total. The van der Waals surface area contributed by atoms with Gasteiger partial charge < -0.3 is 14.0 Å². The zero-order chi connectivity index (χ0) is 43.7. The van der Waals surface area contributed by atoms with Crippen LogP contribution >= 0.6 is 0 Å². The Kier molecular flexibility index (Phi) is 7.74. The first-order chi connectivity index (χ1) is 32.5. The van der Waals surface area contributed by atoms with Gasteiger partial charge in [-0.05, 0) is 92.3 Å². The van der Waals surface area contributed by atoms with E-state index in [9.17, 15) is 0 Å². The summed E-state index contributed by atoms with van der Waals surface area (Å²) in [6.45, 7) is 4.81. The largest absolute Gasteiger partial charge is 0.309 e. The van der Waals surface area contributed by atoms with E-state index in [4.69, 9.17) is 0 Å². The molecule has 0 radical (unpaired) electrons. The van der Waals surface area contributed by atoms with Gasteiger partial charge in [-0.2, -0.15) is 0 Å². The van der Waals surface area contributed by atoms with Crippen LogP contribution < -0.4 is 4.90 Å². The van der Waals surface area contributed by atoms with E-state index in [1.54, 1.807) is 0 Å². The molecule has 0 bridgehead atoms. The van der Waals surface area contributed by atoms with Crippen LogP contribution in [0.5, 0.6) is 0 Å². The second-order valence-corrected chi connectivity index (χ2v) is 18.4. The molecule has 66 heavy (non-hydrogen) atoms. The van der Waals surface area contributed by atoms with Gasteiger partial charge in [-0.3, -0.25) is 0 Å². The first kappa shape index (κ1) is 37.0. The predicted molar refractivity (Wildman–Crippen MR) is 280 cm³/mol. The van der Waals surface area contributed by atoms with Crippen LogP contribution in [0.1, 0.15) is 25.0 Å². The summed E-state index contributed by atoms with van der Waals surface area (Å²) in [6, 6.07) is 83.5. The number of rotatable bonds is 4. The summed E-state index contributed by atoms with van der Waals surface area (Å²) in [5.74, 6) is 0. The lowest BCUT2D eigenvalue weighted by Gasteiger charge is -2.43. The molecule has 3 heteroatoms. The molecule has 0 amide bonds. The van der Waals surface area contributed by atoms with Gasteiger partial charge in [-0.25, -0.2) is 0 Å². The second kappa shape index (κ2) is 13.8. The molecule has 0 aliphatic carbocycles. The van der Waals surface area contributed by atoms with Crippen molar-refractivity contribution in [3.8, 4) is 22.5 Å². The zero-order valence-electron chi connectivity index (χ0n) is 36.7. The van der Waals surface area contributed by atoms with E-state index in [2.05, 4.69) is 252 Å². The monoisotopic (exact) mass is 841 g/mol. The summed E-state index contributed by atoms with van der Waals surface area (Å²) in [6.07, 6.45) is 0. The van der Waals surface area contributed by atoms with Gasteiger partial charge >= 0.3 is 0 Å². The summed E-state index contributed by atoms with van der Waals surface area (Å²) < 4.78 is 4.92. The highest BCUT2D eigenvalue weighted by Crippen LogP contribution is 2.57. The first-order valence-electron chi connectivity index (χ1n) is 23.0. The summed E-state index contributed by atoms with van der Waals surface area (Å²) in [7, 11) is 0. The minimum atomic E-state index is -0.325. The number of benzene rings is 11. The van der Waals surface area contributed by atoms with Crippen molar-refractivity contribution >= 4 is 93.0 Å². The Hall–Kier alpha value is -8.40.